The van der Waals surface area contributed by atoms with E-state index < -0.39 is 0 Å². The Morgan fingerprint density at radius 2 is 1.27 bits per heavy atom. The molecule has 0 saturated carbocycles. The Kier molecular flexibility index (Phi) is 6.25. The van der Waals surface area contributed by atoms with Crippen LogP contribution >= 0.6 is 11.3 Å². The number of hydrogen-bond acceptors (Lipinski definition) is 3. The third-order valence-corrected chi connectivity index (χ3v) is 14.1. The Bertz CT molecular complexity index is 3950. The zero-order chi connectivity index (χ0) is 38.3. The third-order valence-electron chi connectivity index (χ3n) is 12.9. The molecule has 0 radical (unpaired) electrons. The summed E-state index contributed by atoms with van der Waals surface area (Å²) in [6.07, 6.45) is 6.81. The number of thiophene rings is 1. The van der Waals surface area contributed by atoms with Gasteiger partial charge < -0.3 is 8.97 Å². The maximum absolute atomic E-state index is 5.37. The topological polar surface area (TPSA) is 35.1 Å². The molecule has 0 saturated heterocycles. The number of benzene rings is 8. The number of aromatic nitrogens is 4. The summed E-state index contributed by atoms with van der Waals surface area (Å²) in [4.78, 5) is 10.7. The lowest BCUT2D eigenvalue weighted by Crippen LogP contribution is -2.00. The van der Waals surface area contributed by atoms with Crippen LogP contribution in [0.5, 0.6) is 0 Å². The molecule has 0 bridgehead atoms. The van der Waals surface area contributed by atoms with Gasteiger partial charge >= 0.3 is 0 Å². The van der Waals surface area contributed by atoms with Gasteiger partial charge in [0.25, 0.3) is 0 Å². The van der Waals surface area contributed by atoms with Crippen molar-refractivity contribution in [2.75, 3.05) is 0 Å². The Labute approximate surface area is 341 Å². The number of aryl methyl sites for hydroxylation is 1. The molecule has 4 nitrogen and oxygen atoms in total. The molecule has 5 heteroatoms. The van der Waals surface area contributed by atoms with Crippen LogP contribution in [0.3, 0.4) is 0 Å². The predicted octanol–water partition coefficient (Wildman–Crippen LogP) is 14.5. The van der Waals surface area contributed by atoms with Crippen LogP contribution in [-0.4, -0.2) is 18.9 Å². The molecule has 1 aliphatic rings. The van der Waals surface area contributed by atoms with Gasteiger partial charge in [-0.05, 0) is 83.8 Å². The van der Waals surface area contributed by atoms with E-state index in [1.165, 1.54) is 91.9 Å². The maximum Gasteiger partial charge on any atom is 0.160 e. The van der Waals surface area contributed by atoms with Gasteiger partial charge in [-0.1, -0.05) is 115 Å². The van der Waals surface area contributed by atoms with Crippen LogP contribution in [-0.2, 0) is 6.42 Å². The lowest BCUT2D eigenvalue weighted by molar-refractivity contribution is 0.986. The van der Waals surface area contributed by atoms with E-state index in [9.17, 15) is 0 Å². The largest absolute Gasteiger partial charge is 0.309 e. The first-order valence-corrected chi connectivity index (χ1v) is 21.2. The van der Waals surface area contributed by atoms with Crippen molar-refractivity contribution >= 4 is 108 Å². The summed E-state index contributed by atoms with van der Waals surface area (Å²) < 4.78 is 7.34. The second-order valence-corrected chi connectivity index (χ2v) is 17.1. The molecule has 59 heavy (non-hydrogen) atoms. The fraction of sp³-hybridized carbons (Fsp3) is 0.0370. The Morgan fingerprint density at radius 1 is 0.525 bits per heavy atom. The quantitative estimate of drug-likeness (QED) is 0.179. The smallest absolute Gasteiger partial charge is 0.160 e. The van der Waals surface area contributed by atoms with Crippen molar-refractivity contribution in [1.82, 2.24) is 18.9 Å². The van der Waals surface area contributed by atoms with Gasteiger partial charge in [0.05, 0.1) is 43.5 Å². The minimum Gasteiger partial charge on any atom is -0.309 e. The highest BCUT2D eigenvalue weighted by Gasteiger charge is 2.25. The van der Waals surface area contributed by atoms with Gasteiger partial charge in [-0.3, -0.25) is 0 Å². The van der Waals surface area contributed by atoms with E-state index in [-0.39, 0.29) is 0 Å². The van der Waals surface area contributed by atoms with Gasteiger partial charge in [-0.2, -0.15) is 0 Å². The number of para-hydroxylation sites is 2. The molecule has 8 aromatic carbocycles. The van der Waals surface area contributed by atoms with Crippen molar-refractivity contribution in [3.05, 3.63) is 175 Å². The minimum atomic E-state index is 0.735. The zero-order valence-electron chi connectivity index (χ0n) is 31.8. The van der Waals surface area contributed by atoms with Crippen molar-refractivity contribution in [2.45, 2.75) is 12.8 Å². The molecule has 0 amide bonds. The summed E-state index contributed by atoms with van der Waals surface area (Å²) in [5, 5.41) is 11.4. The lowest BCUT2D eigenvalue weighted by atomic mass is 9.94. The monoisotopic (exact) mass is 768 g/mol. The first-order valence-electron chi connectivity index (χ1n) is 20.4. The van der Waals surface area contributed by atoms with Crippen LogP contribution in [0.2, 0.25) is 0 Å². The average molecular weight is 769 g/mol. The Morgan fingerprint density at radius 3 is 2.20 bits per heavy atom. The molecule has 0 atom stereocenters. The summed E-state index contributed by atoms with van der Waals surface area (Å²) >= 11 is 1.77. The van der Waals surface area contributed by atoms with E-state index in [2.05, 4.69) is 179 Å². The highest BCUT2D eigenvalue weighted by atomic mass is 32.1. The van der Waals surface area contributed by atoms with E-state index in [0.29, 0.717) is 0 Å². The molecule has 274 valence electrons. The fourth-order valence-corrected chi connectivity index (χ4v) is 11.5. The summed E-state index contributed by atoms with van der Waals surface area (Å²) in [7, 11) is 0. The average Bonchev–Trinajstić information content (AvgIpc) is 4.04. The molecule has 0 spiro atoms. The normalized spacial score (nSPS) is 13.2. The van der Waals surface area contributed by atoms with Gasteiger partial charge in [0, 0.05) is 64.8 Å². The second kappa shape index (κ2) is 11.6. The van der Waals surface area contributed by atoms with Crippen LogP contribution in [0.1, 0.15) is 17.5 Å². The lowest BCUT2D eigenvalue weighted by Gasteiger charge is -2.15. The van der Waals surface area contributed by atoms with Crippen molar-refractivity contribution in [2.24, 2.45) is 0 Å². The number of allylic oxidation sites excluding steroid dienone is 1. The molecule has 14 rings (SSSR count). The molecule has 0 aliphatic heterocycles. The van der Waals surface area contributed by atoms with Crippen molar-refractivity contribution in [1.29, 1.82) is 0 Å². The Balaban J connectivity index is 1.01. The summed E-state index contributed by atoms with van der Waals surface area (Å²) in [5.41, 5.74) is 14.2. The van der Waals surface area contributed by atoms with Gasteiger partial charge in [-0.25, -0.2) is 9.97 Å². The molecule has 5 heterocycles. The highest BCUT2D eigenvalue weighted by molar-refractivity contribution is 7.26. The minimum absolute atomic E-state index is 0.735. The maximum atomic E-state index is 5.37. The summed E-state index contributed by atoms with van der Waals surface area (Å²) in [6.45, 7) is 0. The molecule has 0 unspecified atom stereocenters. The predicted molar refractivity (Wildman–Crippen MR) is 250 cm³/mol. The summed E-state index contributed by atoms with van der Waals surface area (Å²) in [5.74, 6) is 0.735. The van der Waals surface area contributed by atoms with Crippen LogP contribution in [0.25, 0.3) is 125 Å². The number of nitrogens with zero attached hydrogens (tertiary/aromatic N) is 4. The van der Waals surface area contributed by atoms with Crippen LogP contribution in [0, 0.1) is 0 Å². The van der Waals surface area contributed by atoms with Gasteiger partial charge in [-0.15, -0.1) is 11.3 Å². The molecular formula is C54H32N4S. The standard InChI is InChI=1S/C54H32N4S/c1-2-12-34-30-35(21-20-31(34)10-1)49-53-50(40-15-6-8-19-46(40)59-53)56-54(55-49)33-22-25-36(26-23-33)57-44-28-29-45-47(48(44)42-27-24-32-11-3-4-13-37(32)51(42)57)41-17-9-16-39-38-14-5-7-18-43(38)58(45)52(39)41/h1-2,4-10,12-30H,3,11H2. The van der Waals surface area contributed by atoms with Gasteiger partial charge in [0.2, 0.25) is 0 Å². The highest BCUT2D eigenvalue weighted by Crippen LogP contribution is 2.47. The molecule has 0 N–H and O–H groups in total. The number of fused-ring (bicyclic) bond motifs is 16. The number of rotatable bonds is 3. The zero-order valence-corrected chi connectivity index (χ0v) is 32.6. The van der Waals surface area contributed by atoms with E-state index in [4.69, 9.17) is 9.97 Å². The van der Waals surface area contributed by atoms with Crippen molar-refractivity contribution < 1.29 is 0 Å². The van der Waals surface area contributed by atoms with E-state index in [0.717, 1.165) is 51.4 Å². The molecule has 13 aromatic rings. The Hall–Kier alpha value is -7.34. The van der Waals surface area contributed by atoms with Crippen molar-refractivity contribution in [3.63, 3.8) is 0 Å². The van der Waals surface area contributed by atoms with Crippen LogP contribution in [0.4, 0.5) is 0 Å². The molecular weight excluding hydrogens is 737 g/mol. The first-order chi connectivity index (χ1) is 29.3. The second-order valence-electron chi connectivity index (χ2n) is 16.0. The van der Waals surface area contributed by atoms with E-state index >= 15 is 0 Å². The van der Waals surface area contributed by atoms with E-state index in [1.807, 2.05) is 0 Å². The molecule has 5 aromatic heterocycles. The van der Waals surface area contributed by atoms with Crippen LogP contribution in [0.15, 0.2) is 164 Å². The third kappa shape index (κ3) is 4.27. The number of hydrogen-bond donors (Lipinski definition) is 0. The van der Waals surface area contributed by atoms with Gasteiger partial charge in [0.1, 0.15) is 0 Å². The summed E-state index contributed by atoms with van der Waals surface area (Å²) in [6, 6.07) is 57.9. The molecule has 0 fully saturated rings. The first kappa shape index (κ1) is 31.7. The SMILES string of the molecule is C1=Cc2c(ccc3c4c5c6cccc7c8ccccc8n(c5ccc4n(-c4ccc(-c5nc(-c8ccc9ccccc9c8)c8sc9ccccc9c8n5)cc4)c23)c76)CC1. The van der Waals surface area contributed by atoms with Crippen LogP contribution < -0.4 is 0 Å². The molecule has 1 aliphatic carbocycles. The fourth-order valence-electron chi connectivity index (χ4n) is 10.3. The van der Waals surface area contributed by atoms with E-state index in [1.54, 1.807) is 11.3 Å². The van der Waals surface area contributed by atoms with Crippen molar-refractivity contribution in [3.8, 4) is 28.3 Å². The van der Waals surface area contributed by atoms with Gasteiger partial charge in [0.15, 0.2) is 5.82 Å².